The predicted octanol–water partition coefficient (Wildman–Crippen LogP) is 4.13. The monoisotopic (exact) mass is 400 g/mol. The summed E-state index contributed by atoms with van der Waals surface area (Å²) in [6, 6.07) is 5.38. The predicted molar refractivity (Wildman–Crippen MR) is 84.2 cm³/mol. The van der Waals surface area contributed by atoms with Crippen LogP contribution in [0.25, 0.3) is 0 Å². The molecule has 0 amide bonds. The number of aldehydes is 1. The maximum Gasteiger partial charge on any atom is 0.153 e. The van der Waals surface area contributed by atoms with Gasteiger partial charge in [-0.2, -0.15) is 5.10 Å². The topological polar surface area (TPSA) is 44.1 Å². The Labute approximate surface area is 134 Å². The first kappa shape index (κ1) is 15.3. The lowest BCUT2D eigenvalue weighted by Gasteiger charge is -2.11. The first-order valence-electron chi connectivity index (χ1n) is 6.16. The van der Waals surface area contributed by atoms with Gasteiger partial charge >= 0.3 is 0 Å². The molecule has 0 unspecified atom stereocenters. The number of hydrogen-bond donors (Lipinski definition) is 0. The fraction of sp³-hybridized carbons (Fsp3) is 0.286. The third-order valence-electron chi connectivity index (χ3n) is 2.93. The molecule has 0 saturated carbocycles. The smallest absolute Gasteiger partial charge is 0.153 e. The number of ether oxygens (including phenoxy) is 1. The van der Waals surface area contributed by atoms with Crippen LogP contribution in [0.4, 0.5) is 0 Å². The molecule has 4 nitrogen and oxygen atoms in total. The quantitative estimate of drug-likeness (QED) is 0.707. The molecule has 0 fully saturated rings. The molecule has 0 radical (unpaired) electrons. The second kappa shape index (κ2) is 6.54. The molecule has 0 N–H and O–H groups in total. The Hall–Kier alpha value is -1.14. The highest BCUT2D eigenvalue weighted by atomic mass is 79.9. The van der Waals surface area contributed by atoms with Crippen molar-refractivity contribution in [3.8, 4) is 5.75 Å². The summed E-state index contributed by atoms with van der Waals surface area (Å²) in [6.07, 6.45) is 0.789. The van der Waals surface area contributed by atoms with E-state index < -0.39 is 0 Å². The molecule has 1 aromatic heterocycles. The summed E-state index contributed by atoms with van der Waals surface area (Å²) in [6.45, 7) is 5.08. The van der Waals surface area contributed by atoms with Crippen LogP contribution in [-0.2, 0) is 13.2 Å². The van der Waals surface area contributed by atoms with Crippen LogP contribution in [0.1, 0.15) is 28.7 Å². The zero-order valence-electron chi connectivity index (χ0n) is 11.2. The Kier molecular flexibility index (Phi) is 4.99. The summed E-state index contributed by atoms with van der Waals surface area (Å²) in [5, 5.41) is 4.41. The van der Waals surface area contributed by atoms with Crippen LogP contribution >= 0.6 is 31.9 Å². The van der Waals surface area contributed by atoms with Crippen molar-refractivity contribution < 1.29 is 9.53 Å². The molecule has 106 valence electrons. The fourth-order valence-electron chi connectivity index (χ4n) is 1.92. The Morgan fingerprint density at radius 3 is 2.80 bits per heavy atom. The first-order chi connectivity index (χ1) is 9.58. The number of carbonyl (C=O) groups excluding carboxylic acids is 1. The summed E-state index contributed by atoms with van der Waals surface area (Å²) in [7, 11) is 0. The molecule has 0 aliphatic heterocycles. The highest BCUT2D eigenvalue weighted by Crippen LogP contribution is 2.30. The van der Waals surface area contributed by atoms with E-state index in [2.05, 4.69) is 37.0 Å². The van der Waals surface area contributed by atoms with Crippen LogP contribution in [0.15, 0.2) is 27.1 Å². The lowest BCUT2D eigenvalue weighted by atomic mass is 10.2. The van der Waals surface area contributed by atoms with E-state index >= 15 is 0 Å². The van der Waals surface area contributed by atoms with E-state index in [1.807, 2.05) is 24.6 Å². The van der Waals surface area contributed by atoms with Crippen molar-refractivity contribution in [2.24, 2.45) is 0 Å². The van der Waals surface area contributed by atoms with Crippen LogP contribution in [0.5, 0.6) is 5.75 Å². The van der Waals surface area contributed by atoms with Gasteiger partial charge in [-0.1, -0.05) is 6.07 Å². The third kappa shape index (κ3) is 2.96. The van der Waals surface area contributed by atoms with Gasteiger partial charge in [0.1, 0.15) is 12.4 Å². The molecule has 1 aromatic carbocycles. The van der Waals surface area contributed by atoms with Crippen LogP contribution in [0, 0.1) is 6.92 Å². The minimum Gasteiger partial charge on any atom is -0.485 e. The molecule has 0 bridgehead atoms. The number of rotatable bonds is 5. The van der Waals surface area contributed by atoms with Crippen molar-refractivity contribution in [2.45, 2.75) is 27.0 Å². The van der Waals surface area contributed by atoms with Gasteiger partial charge in [0.15, 0.2) is 6.29 Å². The molecular weight excluding hydrogens is 388 g/mol. The fourth-order valence-corrected chi connectivity index (χ4v) is 2.81. The summed E-state index contributed by atoms with van der Waals surface area (Å²) in [5.74, 6) is 0.552. The minimum absolute atomic E-state index is 0.346. The van der Waals surface area contributed by atoms with E-state index in [1.165, 1.54) is 0 Å². The molecule has 2 aromatic rings. The van der Waals surface area contributed by atoms with E-state index in [9.17, 15) is 4.79 Å². The summed E-state index contributed by atoms with van der Waals surface area (Å²) in [4.78, 5) is 11.1. The number of hydrogen-bond acceptors (Lipinski definition) is 3. The summed E-state index contributed by atoms with van der Waals surface area (Å²) >= 11 is 6.93. The third-order valence-corrected chi connectivity index (χ3v) is 4.59. The second-order valence-corrected chi connectivity index (χ2v) is 5.87. The lowest BCUT2D eigenvalue weighted by Crippen LogP contribution is -2.07. The van der Waals surface area contributed by atoms with Gasteiger partial charge < -0.3 is 4.74 Å². The number of aryl methyl sites for hydroxylation is 2. The standard InChI is InChI=1S/C14H14Br2N2O2/c1-3-18-12(13(16)9(2)17-18)8-20-14-10(7-19)5-4-6-11(14)15/h4-7H,3,8H2,1-2H3. The molecule has 6 heteroatoms. The molecular formula is C14H14Br2N2O2. The van der Waals surface area contributed by atoms with Crippen LogP contribution in [0.3, 0.4) is 0 Å². The van der Waals surface area contributed by atoms with Gasteiger partial charge in [-0.05, 0) is 57.8 Å². The zero-order valence-corrected chi connectivity index (χ0v) is 14.4. The highest BCUT2D eigenvalue weighted by Gasteiger charge is 2.14. The molecule has 0 aliphatic rings. The van der Waals surface area contributed by atoms with Gasteiger partial charge in [0.05, 0.1) is 25.9 Å². The Morgan fingerprint density at radius 1 is 1.40 bits per heavy atom. The summed E-state index contributed by atoms with van der Waals surface area (Å²) in [5.41, 5.74) is 2.40. The van der Waals surface area contributed by atoms with Gasteiger partial charge in [0, 0.05) is 6.54 Å². The minimum atomic E-state index is 0.346. The van der Waals surface area contributed by atoms with Crippen molar-refractivity contribution in [2.75, 3.05) is 0 Å². The number of halogens is 2. The number of aromatic nitrogens is 2. The van der Waals surface area contributed by atoms with Gasteiger partial charge in [-0.3, -0.25) is 9.48 Å². The van der Waals surface area contributed by atoms with Gasteiger partial charge in [0.25, 0.3) is 0 Å². The van der Waals surface area contributed by atoms with E-state index in [4.69, 9.17) is 4.74 Å². The lowest BCUT2D eigenvalue weighted by molar-refractivity contribution is 0.111. The maximum absolute atomic E-state index is 11.1. The average molecular weight is 402 g/mol. The van der Waals surface area contributed by atoms with Crippen molar-refractivity contribution in [1.82, 2.24) is 9.78 Å². The normalized spacial score (nSPS) is 10.6. The Balaban J connectivity index is 2.28. The van der Waals surface area contributed by atoms with Crippen molar-refractivity contribution in [3.63, 3.8) is 0 Å². The first-order valence-corrected chi connectivity index (χ1v) is 7.75. The highest BCUT2D eigenvalue weighted by molar-refractivity contribution is 9.10. The maximum atomic E-state index is 11.1. The van der Waals surface area contributed by atoms with E-state index in [-0.39, 0.29) is 0 Å². The number of carbonyl (C=O) groups is 1. The Bertz CT molecular complexity index is 638. The van der Waals surface area contributed by atoms with Crippen LogP contribution < -0.4 is 4.74 Å². The molecule has 0 aliphatic carbocycles. The average Bonchev–Trinajstić information content (AvgIpc) is 2.72. The van der Waals surface area contributed by atoms with Crippen molar-refractivity contribution >= 4 is 38.1 Å². The van der Waals surface area contributed by atoms with Gasteiger partial charge in [0.2, 0.25) is 0 Å². The van der Waals surface area contributed by atoms with Crippen molar-refractivity contribution in [3.05, 3.63) is 44.1 Å². The zero-order chi connectivity index (χ0) is 14.7. The van der Waals surface area contributed by atoms with E-state index in [0.717, 1.165) is 33.2 Å². The summed E-state index contributed by atoms with van der Waals surface area (Å²) < 4.78 is 9.40. The SMILES string of the molecule is CCn1nc(C)c(Br)c1COc1c(Br)cccc1C=O. The van der Waals surface area contributed by atoms with Crippen LogP contribution in [0.2, 0.25) is 0 Å². The van der Waals surface area contributed by atoms with E-state index in [1.54, 1.807) is 12.1 Å². The molecule has 0 atom stereocenters. The molecule has 1 heterocycles. The molecule has 20 heavy (non-hydrogen) atoms. The molecule has 2 rings (SSSR count). The molecule has 0 spiro atoms. The van der Waals surface area contributed by atoms with Gasteiger partial charge in [-0.15, -0.1) is 0 Å². The largest absolute Gasteiger partial charge is 0.485 e. The second-order valence-electron chi connectivity index (χ2n) is 4.23. The number of nitrogens with zero attached hydrogens (tertiary/aromatic N) is 2. The van der Waals surface area contributed by atoms with Crippen molar-refractivity contribution in [1.29, 1.82) is 0 Å². The number of benzene rings is 1. The van der Waals surface area contributed by atoms with Crippen LogP contribution in [-0.4, -0.2) is 16.1 Å². The van der Waals surface area contributed by atoms with Gasteiger partial charge in [-0.25, -0.2) is 0 Å². The van der Waals surface area contributed by atoms with E-state index in [0.29, 0.717) is 17.9 Å². The molecule has 0 saturated heterocycles. The number of para-hydroxylation sites is 1. The Morgan fingerprint density at radius 2 is 2.15 bits per heavy atom.